The van der Waals surface area contributed by atoms with Gasteiger partial charge in [-0.25, -0.2) is 8.78 Å². The van der Waals surface area contributed by atoms with Crippen LogP contribution in [0.1, 0.15) is 93.7 Å². The van der Waals surface area contributed by atoms with Crippen LogP contribution in [0.2, 0.25) is 0 Å². The molecule has 0 spiro atoms. The van der Waals surface area contributed by atoms with Gasteiger partial charge in [-0.1, -0.05) is 62.9 Å². The first kappa shape index (κ1) is 23.9. The number of nitrogens with zero attached hydrogens (tertiary/aromatic N) is 1. The van der Waals surface area contributed by atoms with E-state index in [9.17, 15) is 8.78 Å². The van der Waals surface area contributed by atoms with Gasteiger partial charge in [0.25, 0.3) is 0 Å². The Balaban J connectivity index is 1.18. The summed E-state index contributed by atoms with van der Waals surface area (Å²) < 4.78 is 27.7. The van der Waals surface area contributed by atoms with Crippen molar-refractivity contribution < 1.29 is 8.78 Å². The standard InChI is InChI=1S/C30H37F2N/c1-21(25-5-3-2-4-6-25)17-23-11-15-27(16-12-23)26-13-9-22(10-14-26)7-8-24-18-29(31)28(20-33)30(32)19-24/h2-6,18-19,21-23,26-27H,7-17H2,1H3/t21-,22?,23?,26?,27?/m0/s1. The summed E-state index contributed by atoms with van der Waals surface area (Å²) in [7, 11) is 0. The highest BCUT2D eigenvalue weighted by molar-refractivity contribution is 5.35. The van der Waals surface area contributed by atoms with Gasteiger partial charge in [0.15, 0.2) is 0 Å². The van der Waals surface area contributed by atoms with Crippen molar-refractivity contribution in [1.29, 1.82) is 5.26 Å². The number of rotatable bonds is 7. The maximum atomic E-state index is 13.9. The fraction of sp³-hybridized carbons (Fsp3) is 0.567. The maximum Gasteiger partial charge on any atom is 0.144 e. The molecule has 176 valence electrons. The molecule has 2 aromatic rings. The van der Waals surface area contributed by atoms with Crippen molar-refractivity contribution in [3.8, 4) is 6.07 Å². The van der Waals surface area contributed by atoms with Crippen LogP contribution < -0.4 is 0 Å². The molecule has 3 heteroatoms. The quantitative estimate of drug-likeness (QED) is 0.415. The molecule has 0 unspecified atom stereocenters. The van der Waals surface area contributed by atoms with E-state index in [1.807, 2.05) is 0 Å². The molecule has 0 amide bonds. The lowest BCUT2D eigenvalue weighted by atomic mass is 9.67. The summed E-state index contributed by atoms with van der Waals surface area (Å²) in [4.78, 5) is 0. The number of aryl methyl sites for hydroxylation is 1. The molecule has 0 bridgehead atoms. The van der Waals surface area contributed by atoms with E-state index >= 15 is 0 Å². The summed E-state index contributed by atoms with van der Waals surface area (Å²) in [5.74, 6) is 2.50. The second-order valence-electron chi connectivity index (χ2n) is 10.7. The van der Waals surface area contributed by atoms with Gasteiger partial charge in [-0.05, 0) is 97.8 Å². The second kappa shape index (κ2) is 11.3. The highest BCUT2D eigenvalue weighted by Gasteiger charge is 2.31. The van der Waals surface area contributed by atoms with Crippen LogP contribution in [0.3, 0.4) is 0 Å². The van der Waals surface area contributed by atoms with Crippen LogP contribution in [0, 0.1) is 46.6 Å². The van der Waals surface area contributed by atoms with Gasteiger partial charge in [0.2, 0.25) is 0 Å². The second-order valence-corrected chi connectivity index (χ2v) is 10.7. The molecule has 1 atom stereocenters. The monoisotopic (exact) mass is 449 g/mol. The molecule has 0 saturated heterocycles. The Morgan fingerprint density at radius 3 is 1.94 bits per heavy atom. The van der Waals surface area contributed by atoms with E-state index < -0.39 is 17.2 Å². The van der Waals surface area contributed by atoms with Gasteiger partial charge in [-0.2, -0.15) is 5.26 Å². The summed E-state index contributed by atoms with van der Waals surface area (Å²) in [5.41, 5.74) is 1.68. The highest BCUT2D eigenvalue weighted by Crippen LogP contribution is 2.44. The van der Waals surface area contributed by atoms with E-state index in [1.54, 1.807) is 6.07 Å². The van der Waals surface area contributed by atoms with Crippen molar-refractivity contribution in [2.24, 2.45) is 23.7 Å². The smallest absolute Gasteiger partial charge is 0.144 e. The molecule has 2 fully saturated rings. The van der Waals surface area contributed by atoms with Crippen LogP contribution in [0.4, 0.5) is 8.78 Å². The fourth-order valence-electron chi connectivity index (χ4n) is 6.51. The molecule has 1 nitrogen and oxygen atoms in total. The lowest BCUT2D eigenvalue weighted by Crippen LogP contribution is -2.26. The zero-order chi connectivity index (χ0) is 23.2. The van der Waals surface area contributed by atoms with E-state index in [4.69, 9.17) is 5.26 Å². The Bertz CT molecular complexity index is 909. The summed E-state index contributed by atoms with van der Waals surface area (Å²) >= 11 is 0. The molecule has 0 N–H and O–H groups in total. The average molecular weight is 450 g/mol. The lowest BCUT2D eigenvalue weighted by molar-refractivity contribution is 0.139. The van der Waals surface area contributed by atoms with Gasteiger partial charge in [0.1, 0.15) is 23.3 Å². The fourth-order valence-corrected chi connectivity index (χ4v) is 6.51. The zero-order valence-electron chi connectivity index (χ0n) is 19.9. The van der Waals surface area contributed by atoms with E-state index in [1.165, 1.54) is 75.5 Å². The molecule has 0 heterocycles. The molecule has 0 aromatic heterocycles. The SMILES string of the molecule is C[C@@H](CC1CCC(C2CCC(CCc3cc(F)c(C#N)c(F)c3)CC2)CC1)c1ccccc1. The molecule has 2 aliphatic rings. The van der Waals surface area contributed by atoms with Crippen molar-refractivity contribution in [2.45, 2.75) is 83.5 Å². The minimum atomic E-state index is -0.732. The van der Waals surface area contributed by atoms with Gasteiger partial charge in [-0.3, -0.25) is 0 Å². The summed E-state index contributed by atoms with van der Waals surface area (Å²) in [6, 6.07) is 15.2. The number of hydrogen-bond acceptors (Lipinski definition) is 1. The van der Waals surface area contributed by atoms with Crippen LogP contribution in [0.5, 0.6) is 0 Å². The largest absolute Gasteiger partial charge is 0.205 e. The summed E-state index contributed by atoms with van der Waals surface area (Å²) in [6.07, 6.45) is 13.7. The Morgan fingerprint density at radius 2 is 1.39 bits per heavy atom. The Morgan fingerprint density at radius 1 is 0.848 bits per heavy atom. The first-order chi connectivity index (χ1) is 16.0. The van der Waals surface area contributed by atoms with E-state index in [0.29, 0.717) is 23.8 Å². The third-order valence-electron chi connectivity index (χ3n) is 8.56. The Kier molecular flexibility index (Phi) is 8.18. The van der Waals surface area contributed by atoms with Crippen LogP contribution >= 0.6 is 0 Å². The van der Waals surface area contributed by atoms with E-state index in [0.717, 1.165) is 24.2 Å². The molecule has 4 rings (SSSR count). The van der Waals surface area contributed by atoms with Crippen molar-refractivity contribution in [1.82, 2.24) is 0 Å². The topological polar surface area (TPSA) is 23.8 Å². The van der Waals surface area contributed by atoms with E-state index in [2.05, 4.69) is 37.3 Å². The average Bonchev–Trinajstić information content (AvgIpc) is 2.84. The first-order valence-corrected chi connectivity index (χ1v) is 13.0. The van der Waals surface area contributed by atoms with Gasteiger partial charge in [0, 0.05) is 0 Å². The molecule has 2 aromatic carbocycles. The van der Waals surface area contributed by atoms with Crippen molar-refractivity contribution in [3.05, 3.63) is 70.8 Å². The highest BCUT2D eigenvalue weighted by atomic mass is 19.1. The van der Waals surface area contributed by atoms with Crippen LogP contribution in [0.15, 0.2) is 42.5 Å². The van der Waals surface area contributed by atoms with Crippen molar-refractivity contribution in [2.75, 3.05) is 0 Å². The zero-order valence-corrected chi connectivity index (χ0v) is 19.9. The van der Waals surface area contributed by atoms with Crippen LogP contribution in [-0.2, 0) is 6.42 Å². The number of hydrogen-bond donors (Lipinski definition) is 0. The summed E-state index contributed by atoms with van der Waals surface area (Å²) in [6.45, 7) is 2.38. The molecule has 2 saturated carbocycles. The third kappa shape index (κ3) is 6.23. The molecule has 0 aliphatic heterocycles. The minimum absolute atomic E-state index is 0.469. The number of nitriles is 1. The van der Waals surface area contributed by atoms with Gasteiger partial charge in [-0.15, -0.1) is 0 Å². The summed E-state index contributed by atoms with van der Waals surface area (Å²) in [5, 5.41) is 8.83. The lowest BCUT2D eigenvalue weighted by Gasteiger charge is -2.38. The Hall–Kier alpha value is -2.21. The predicted molar refractivity (Wildman–Crippen MR) is 130 cm³/mol. The van der Waals surface area contributed by atoms with E-state index in [-0.39, 0.29) is 0 Å². The normalized spacial score (nSPS) is 26.5. The molecule has 33 heavy (non-hydrogen) atoms. The maximum absolute atomic E-state index is 13.9. The number of halogens is 2. The van der Waals surface area contributed by atoms with Gasteiger partial charge in [0.05, 0.1) is 0 Å². The van der Waals surface area contributed by atoms with Crippen LogP contribution in [0.25, 0.3) is 0 Å². The first-order valence-electron chi connectivity index (χ1n) is 13.0. The Labute approximate surface area is 198 Å². The van der Waals surface area contributed by atoms with Crippen LogP contribution in [-0.4, -0.2) is 0 Å². The molecular formula is C30H37F2N. The molecular weight excluding hydrogens is 412 g/mol. The van der Waals surface area contributed by atoms with Gasteiger partial charge < -0.3 is 0 Å². The molecule has 0 radical (unpaired) electrons. The minimum Gasteiger partial charge on any atom is -0.205 e. The number of benzene rings is 2. The third-order valence-corrected chi connectivity index (χ3v) is 8.56. The van der Waals surface area contributed by atoms with Crippen molar-refractivity contribution >= 4 is 0 Å². The van der Waals surface area contributed by atoms with Crippen molar-refractivity contribution in [3.63, 3.8) is 0 Å². The predicted octanol–water partition coefficient (Wildman–Crippen LogP) is 8.58. The molecule has 2 aliphatic carbocycles. The van der Waals surface area contributed by atoms with Gasteiger partial charge >= 0.3 is 0 Å².